The molecule has 1 unspecified atom stereocenters. The van der Waals surface area contributed by atoms with Crippen molar-refractivity contribution in [3.05, 3.63) is 22.9 Å². The molecule has 2 aromatic heterocycles. The maximum Gasteiger partial charge on any atom is 0.348 e. The highest BCUT2D eigenvalue weighted by Gasteiger charge is 2.11. The minimum atomic E-state index is -0.288. The Bertz CT molecular complexity index is 544. The van der Waals surface area contributed by atoms with Crippen molar-refractivity contribution in [1.29, 1.82) is 0 Å². The zero-order valence-corrected chi connectivity index (χ0v) is 9.21. The van der Waals surface area contributed by atoms with Gasteiger partial charge in [-0.15, -0.1) is 0 Å². The van der Waals surface area contributed by atoms with Crippen LogP contribution in [0.4, 0.5) is 5.82 Å². The Morgan fingerprint density at radius 1 is 1.69 bits per heavy atom. The molecule has 0 saturated carbocycles. The average Bonchev–Trinajstić information content (AvgIpc) is 2.68. The fraction of sp³-hybridized carbons (Fsp3) is 0.444. The SMILES string of the molecule is CC(CN)N(C)c1cc2n[nH]c(=O)n2cn1. The number of hydrogen-bond donors (Lipinski definition) is 2. The molecular weight excluding hydrogens is 208 g/mol. The normalized spacial score (nSPS) is 12.9. The number of H-pyrrole nitrogens is 1. The molecule has 0 fully saturated rings. The third-order valence-corrected chi connectivity index (χ3v) is 2.66. The molecule has 0 aromatic carbocycles. The van der Waals surface area contributed by atoms with E-state index in [1.807, 2.05) is 18.9 Å². The standard InChI is InChI=1S/C9H14N6O/c1-6(4-10)14(2)7-3-8-12-13-9(16)15(8)5-11-7/h3,5-6H,4,10H2,1-2H3,(H,13,16). The molecule has 86 valence electrons. The van der Waals surface area contributed by atoms with Gasteiger partial charge in [-0.25, -0.2) is 19.3 Å². The van der Waals surface area contributed by atoms with Gasteiger partial charge in [0.2, 0.25) is 0 Å². The Balaban J connectivity index is 2.43. The van der Waals surface area contributed by atoms with Gasteiger partial charge in [0, 0.05) is 25.7 Å². The van der Waals surface area contributed by atoms with Crippen LogP contribution in [0.2, 0.25) is 0 Å². The molecule has 0 radical (unpaired) electrons. The van der Waals surface area contributed by atoms with E-state index in [1.165, 1.54) is 10.7 Å². The molecule has 16 heavy (non-hydrogen) atoms. The monoisotopic (exact) mass is 222 g/mol. The van der Waals surface area contributed by atoms with Crippen LogP contribution in [-0.4, -0.2) is 39.2 Å². The Labute approximate surface area is 91.9 Å². The molecule has 0 saturated heterocycles. The third-order valence-electron chi connectivity index (χ3n) is 2.66. The molecule has 2 rings (SSSR count). The van der Waals surface area contributed by atoms with E-state index >= 15 is 0 Å². The van der Waals surface area contributed by atoms with E-state index in [1.54, 1.807) is 6.07 Å². The topological polar surface area (TPSA) is 92.3 Å². The molecular formula is C9H14N6O. The van der Waals surface area contributed by atoms with Crippen molar-refractivity contribution in [3.63, 3.8) is 0 Å². The molecule has 0 aliphatic heterocycles. The number of likely N-dealkylation sites (N-methyl/N-ethyl adjacent to an activating group) is 1. The average molecular weight is 222 g/mol. The predicted molar refractivity (Wildman–Crippen MR) is 60.5 cm³/mol. The van der Waals surface area contributed by atoms with Crippen LogP contribution in [0.15, 0.2) is 17.2 Å². The minimum absolute atomic E-state index is 0.181. The first kappa shape index (κ1) is 10.6. The second-order valence-corrected chi connectivity index (χ2v) is 3.70. The molecule has 2 heterocycles. The van der Waals surface area contributed by atoms with Crippen LogP contribution in [0.3, 0.4) is 0 Å². The van der Waals surface area contributed by atoms with Crippen LogP contribution < -0.4 is 16.3 Å². The van der Waals surface area contributed by atoms with E-state index < -0.39 is 0 Å². The Hall–Kier alpha value is -1.89. The van der Waals surface area contributed by atoms with Gasteiger partial charge in [0.1, 0.15) is 12.1 Å². The summed E-state index contributed by atoms with van der Waals surface area (Å²) in [4.78, 5) is 17.3. The van der Waals surface area contributed by atoms with E-state index in [4.69, 9.17) is 5.73 Å². The zero-order chi connectivity index (χ0) is 11.7. The highest BCUT2D eigenvalue weighted by Crippen LogP contribution is 2.11. The fourth-order valence-electron chi connectivity index (χ4n) is 1.38. The fourth-order valence-corrected chi connectivity index (χ4v) is 1.38. The van der Waals surface area contributed by atoms with Crippen molar-refractivity contribution < 1.29 is 0 Å². The van der Waals surface area contributed by atoms with Gasteiger partial charge in [-0.1, -0.05) is 0 Å². The van der Waals surface area contributed by atoms with Crippen molar-refractivity contribution in [2.24, 2.45) is 5.73 Å². The number of aromatic amines is 1. The molecule has 7 nitrogen and oxygen atoms in total. The molecule has 0 bridgehead atoms. The van der Waals surface area contributed by atoms with Crippen molar-refractivity contribution in [2.75, 3.05) is 18.5 Å². The lowest BCUT2D eigenvalue weighted by Gasteiger charge is -2.24. The summed E-state index contributed by atoms with van der Waals surface area (Å²) in [6.07, 6.45) is 1.45. The lowest BCUT2D eigenvalue weighted by Crippen LogP contribution is -2.35. The number of nitrogens with zero attached hydrogens (tertiary/aromatic N) is 4. The van der Waals surface area contributed by atoms with Crippen LogP contribution in [0, 0.1) is 0 Å². The number of aromatic nitrogens is 4. The van der Waals surface area contributed by atoms with Crippen LogP contribution in [0.5, 0.6) is 0 Å². The van der Waals surface area contributed by atoms with Gasteiger partial charge < -0.3 is 10.6 Å². The van der Waals surface area contributed by atoms with Crippen LogP contribution in [-0.2, 0) is 0 Å². The van der Waals surface area contributed by atoms with Crippen molar-refractivity contribution in [3.8, 4) is 0 Å². The Morgan fingerprint density at radius 3 is 3.12 bits per heavy atom. The molecule has 0 spiro atoms. The summed E-state index contributed by atoms with van der Waals surface area (Å²) in [6, 6.07) is 1.92. The third kappa shape index (κ3) is 1.65. The Morgan fingerprint density at radius 2 is 2.44 bits per heavy atom. The summed E-state index contributed by atoms with van der Waals surface area (Å²) >= 11 is 0. The number of rotatable bonds is 3. The van der Waals surface area contributed by atoms with E-state index in [2.05, 4.69) is 15.2 Å². The highest BCUT2D eigenvalue weighted by molar-refractivity contribution is 5.50. The molecule has 0 aliphatic carbocycles. The molecule has 1 atom stereocenters. The summed E-state index contributed by atoms with van der Waals surface area (Å²) in [5, 5.41) is 6.23. The second kappa shape index (κ2) is 3.93. The first-order valence-electron chi connectivity index (χ1n) is 4.99. The smallest absolute Gasteiger partial charge is 0.348 e. The largest absolute Gasteiger partial charge is 0.356 e. The maximum atomic E-state index is 11.2. The van der Waals surface area contributed by atoms with Gasteiger partial charge in [0.05, 0.1) is 0 Å². The number of fused-ring (bicyclic) bond motifs is 1. The van der Waals surface area contributed by atoms with Gasteiger partial charge in [-0.05, 0) is 6.92 Å². The minimum Gasteiger partial charge on any atom is -0.356 e. The molecule has 7 heteroatoms. The predicted octanol–water partition coefficient (Wildman–Crippen LogP) is -0.799. The van der Waals surface area contributed by atoms with E-state index in [0.717, 1.165) is 5.82 Å². The van der Waals surface area contributed by atoms with Gasteiger partial charge in [0.15, 0.2) is 5.65 Å². The quantitative estimate of drug-likeness (QED) is 0.709. The second-order valence-electron chi connectivity index (χ2n) is 3.70. The number of nitrogens with one attached hydrogen (secondary N) is 1. The van der Waals surface area contributed by atoms with Gasteiger partial charge in [0.25, 0.3) is 0 Å². The first-order valence-corrected chi connectivity index (χ1v) is 4.99. The number of nitrogens with two attached hydrogens (primary N) is 1. The van der Waals surface area contributed by atoms with Crippen molar-refractivity contribution in [1.82, 2.24) is 19.6 Å². The van der Waals surface area contributed by atoms with Crippen LogP contribution >= 0.6 is 0 Å². The molecule has 2 aromatic rings. The summed E-state index contributed by atoms with van der Waals surface area (Å²) in [5.74, 6) is 0.740. The highest BCUT2D eigenvalue weighted by atomic mass is 16.1. The number of hydrogen-bond acceptors (Lipinski definition) is 5. The van der Waals surface area contributed by atoms with Gasteiger partial charge >= 0.3 is 5.69 Å². The van der Waals surface area contributed by atoms with E-state index in [0.29, 0.717) is 12.2 Å². The van der Waals surface area contributed by atoms with E-state index in [-0.39, 0.29) is 11.7 Å². The lowest BCUT2D eigenvalue weighted by atomic mass is 10.3. The first-order chi connectivity index (χ1) is 7.63. The summed E-state index contributed by atoms with van der Waals surface area (Å²) in [5.41, 5.74) is 5.84. The maximum absolute atomic E-state index is 11.2. The number of anilines is 1. The van der Waals surface area contributed by atoms with Crippen molar-refractivity contribution >= 4 is 11.5 Å². The molecule has 3 N–H and O–H groups in total. The summed E-state index contributed by atoms with van der Waals surface area (Å²) < 4.78 is 1.35. The molecule has 0 amide bonds. The Kier molecular flexibility index (Phi) is 2.61. The summed E-state index contributed by atoms with van der Waals surface area (Å²) in [7, 11) is 1.90. The zero-order valence-electron chi connectivity index (χ0n) is 9.21. The summed E-state index contributed by atoms with van der Waals surface area (Å²) in [6.45, 7) is 2.54. The van der Waals surface area contributed by atoms with Gasteiger partial charge in [-0.2, -0.15) is 5.10 Å². The van der Waals surface area contributed by atoms with Gasteiger partial charge in [-0.3, -0.25) is 0 Å². The van der Waals surface area contributed by atoms with Crippen molar-refractivity contribution in [2.45, 2.75) is 13.0 Å². The molecule has 0 aliphatic rings. The lowest BCUT2D eigenvalue weighted by molar-refractivity contribution is 0.686. The van der Waals surface area contributed by atoms with E-state index in [9.17, 15) is 4.79 Å². The van der Waals surface area contributed by atoms with Crippen LogP contribution in [0.25, 0.3) is 5.65 Å². The van der Waals surface area contributed by atoms with Crippen LogP contribution in [0.1, 0.15) is 6.92 Å².